The first-order valence-electron chi connectivity index (χ1n) is 6.47. The van der Waals surface area contributed by atoms with Gasteiger partial charge in [0, 0.05) is 6.04 Å². The molecule has 2 unspecified atom stereocenters. The van der Waals surface area contributed by atoms with Crippen LogP contribution in [-0.4, -0.2) is 23.7 Å². The standard InChI is InChI=1S/C13H25NO2/c1-9-4-6-12(7-5-9)8-14-11(3)10(2)13(15)16/h9-12,14H,4-8H2,1-3H3,(H,15,16). The molecular weight excluding hydrogens is 202 g/mol. The first-order chi connectivity index (χ1) is 7.50. The van der Waals surface area contributed by atoms with E-state index in [0.717, 1.165) is 18.4 Å². The van der Waals surface area contributed by atoms with Crippen molar-refractivity contribution in [3.8, 4) is 0 Å². The van der Waals surface area contributed by atoms with E-state index in [1.807, 2.05) is 6.92 Å². The van der Waals surface area contributed by atoms with Crippen LogP contribution in [0.3, 0.4) is 0 Å². The zero-order chi connectivity index (χ0) is 12.1. The molecule has 0 heterocycles. The summed E-state index contributed by atoms with van der Waals surface area (Å²) in [6, 6.07) is 0.0665. The second-order valence-electron chi connectivity index (χ2n) is 5.45. The molecule has 0 saturated heterocycles. The topological polar surface area (TPSA) is 49.3 Å². The van der Waals surface area contributed by atoms with Gasteiger partial charge < -0.3 is 10.4 Å². The third-order valence-electron chi connectivity index (χ3n) is 4.00. The molecule has 0 bridgehead atoms. The fraction of sp³-hybridized carbons (Fsp3) is 0.923. The van der Waals surface area contributed by atoms with Crippen molar-refractivity contribution in [2.75, 3.05) is 6.54 Å². The van der Waals surface area contributed by atoms with Crippen molar-refractivity contribution in [2.24, 2.45) is 17.8 Å². The van der Waals surface area contributed by atoms with E-state index >= 15 is 0 Å². The monoisotopic (exact) mass is 227 g/mol. The lowest BCUT2D eigenvalue weighted by Gasteiger charge is -2.28. The number of rotatable bonds is 5. The van der Waals surface area contributed by atoms with Gasteiger partial charge >= 0.3 is 5.97 Å². The number of nitrogens with one attached hydrogen (secondary N) is 1. The average Bonchev–Trinajstić information content (AvgIpc) is 2.26. The first-order valence-corrected chi connectivity index (χ1v) is 6.47. The van der Waals surface area contributed by atoms with Crippen LogP contribution in [0, 0.1) is 17.8 Å². The Morgan fingerprint density at radius 1 is 1.31 bits per heavy atom. The molecule has 0 aromatic heterocycles. The van der Waals surface area contributed by atoms with Gasteiger partial charge in [0.05, 0.1) is 5.92 Å². The summed E-state index contributed by atoms with van der Waals surface area (Å²) in [5.41, 5.74) is 0. The van der Waals surface area contributed by atoms with Crippen molar-refractivity contribution in [3.63, 3.8) is 0 Å². The van der Waals surface area contributed by atoms with E-state index < -0.39 is 5.97 Å². The van der Waals surface area contributed by atoms with Crippen molar-refractivity contribution < 1.29 is 9.90 Å². The van der Waals surface area contributed by atoms with Crippen LogP contribution in [0.5, 0.6) is 0 Å². The second kappa shape index (κ2) is 6.24. The van der Waals surface area contributed by atoms with Gasteiger partial charge in [-0.25, -0.2) is 0 Å². The Labute approximate surface area is 98.6 Å². The van der Waals surface area contributed by atoms with Crippen LogP contribution in [-0.2, 0) is 4.79 Å². The van der Waals surface area contributed by atoms with Crippen LogP contribution < -0.4 is 5.32 Å². The highest BCUT2D eigenvalue weighted by Gasteiger charge is 2.22. The second-order valence-corrected chi connectivity index (χ2v) is 5.45. The molecule has 16 heavy (non-hydrogen) atoms. The summed E-state index contributed by atoms with van der Waals surface area (Å²) >= 11 is 0. The minimum absolute atomic E-state index is 0.0665. The zero-order valence-electron chi connectivity index (χ0n) is 10.7. The van der Waals surface area contributed by atoms with E-state index in [-0.39, 0.29) is 12.0 Å². The minimum atomic E-state index is -0.711. The third-order valence-corrected chi connectivity index (χ3v) is 4.00. The van der Waals surface area contributed by atoms with Gasteiger partial charge in [-0.05, 0) is 38.1 Å². The molecule has 1 aliphatic rings. The molecule has 2 N–H and O–H groups in total. The Hall–Kier alpha value is -0.570. The molecule has 3 heteroatoms. The summed E-state index contributed by atoms with van der Waals surface area (Å²) in [7, 11) is 0. The summed E-state index contributed by atoms with van der Waals surface area (Å²) in [6.07, 6.45) is 5.25. The van der Waals surface area contributed by atoms with Crippen LogP contribution in [0.4, 0.5) is 0 Å². The lowest BCUT2D eigenvalue weighted by Crippen LogP contribution is -2.39. The largest absolute Gasteiger partial charge is 0.481 e. The van der Waals surface area contributed by atoms with Gasteiger partial charge in [0.1, 0.15) is 0 Å². The maximum absolute atomic E-state index is 10.8. The Morgan fingerprint density at radius 3 is 2.38 bits per heavy atom. The van der Waals surface area contributed by atoms with E-state index in [2.05, 4.69) is 12.2 Å². The van der Waals surface area contributed by atoms with Crippen LogP contribution in [0.25, 0.3) is 0 Å². The molecule has 0 radical (unpaired) electrons. The highest BCUT2D eigenvalue weighted by molar-refractivity contribution is 5.70. The Bertz CT molecular complexity index is 222. The Kier molecular flexibility index (Phi) is 5.26. The number of aliphatic carboxylic acids is 1. The predicted octanol–water partition coefficient (Wildman–Crippen LogP) is 2.51. The van der Waals surface area contributed by atoms with E-state index in [9.17, 15) is 4.79 Å². The third kappa shape index (κ3) is 4.12. The van der Waals surface area contributed by atoms with Crippen LogP contribution in [0.1, 0.15) is 46.5 Å². The molecule has 0 amide bonds. The molecule has 2 atom stereocenters. The molecule has 0 aromatic carbocycles. The van der Waals surface area contributed by atoms with Crippen molar-refractivity contribution in [1.82, 2.24) is 5.32 Å². The van der Waals surface area contributed by atoms with E-state index in [4.69, 9.17) is 5.11 Å². The van der Waals surface area contributed by atoms with E-state index in [0.29, 0.717) is 0 Å². The summed E-state index contributed by atoms with van der Waals surface area (Å²) < 4.78 is 0. The highest BCUT2D eigenvalue weighted by atomic mass is 16.4. The Balaban J connectivity index is 2.21. The van der Waals surface area contributed by atoms with Gasteiger partial charge in [0.25, 0.3) is 0 Å². The number of carboxylic acids is 1. The fourth-order valence-corrected chi connectivity index (χ4v) is 2.28. The zero-order valence-corrected chi connectivity index (χ0v) is 10.7. The molecule has 1 fully saturated rings. The lowest BCUT2D eigenvalue weighted by molar-refractivity contribution is -0.141. The molecule has 1 saturated carbocycles. The van der Waals surface area contributed by atoms with Crippen molar-refractivity contribution >= 4 is 5.97 Å². The minimum Gasteiger partial charge on any atom is -0.481 e. The van der Waals surface area contributed by atoms with Gasteiger partial charge in [-0.3, -0.25) is 4.79 Å². The lowest BCUT2D eigenvalue weighted by atomic mass is 9.83. The molecule has 1 rings (SSSR count). The average molecular weight is 227 g/mol. The summed E-state index contributed by atoms with van der Waals surface area (Å²) in [4.78, 5) is 10.8. The van der Waals surface area contributed by atoms with E-state index in [1.165, 1.54) is 25.7 Å². The predicted molar refractivity (Wildman–Crippen MR) is 65.4 cm³/mol. The molecule has 0 aliphatic heterocycles. The number of carbonyl (C=O) groups is 1. The van der Waals surface area contributed by atoms with Gasteiger partial charge in [0.2, 0.25) is 0 Å². The van der Waals surface area contributed by atoms with Gasteiger partial charge in [-0.15, -0.1) is 0 Å². The highest BCUT2D eigenvalue weighted by Crippen LogP contribution is 2.27. The van der Waals surface area contributed by atoms with Crippen LogP contribution in [0.2, 0.25) is 0 Å². The molecule has 0 spiro atoms. The summed E-state index contributed by atoms with van der Waals surface area (Å²) in [5, 5.41) is 12.3. The molecular formula is C13H25NO2. The van der Waals surface area contributed by atoms with Crippen LogP contribution in [0.15, 0.2) is 0 Å². The van der Waals surface area contributed by atoms with Gasteiger partial charge in [-0.1, -0.05) is 26.7 Å². The first kappa shape index (κ1) is 13.5. The fourth-order valence-electron chi connectivity index (χ4n) is 2.28. The van der Waals surface area contributed by atoms with Crippen molar-refractivity contribution in [1.29, 1.82) is 0 Å². The summed E-state index contributed by atoms with van der Waals surface area (Å²) in [6.45, 7) is 7.03. The maximum Gasteiger partial charge on any atom is 0.307 e. The smallest absolute Gasteiger partial charge is 0.307 e. The molecule has 0 aromatic rings. The molecule has 3 nitrogen and oxygen atoms in total. The van der Waals surface area contributed by atoms with Crippen molar-refractivity contribution in [3.05, 3.63) is 0 Å². The normalized spacial score (nSPS) is 29.7. The Morgan fingerprint density at radius 2 is 1.88 bits per heavy atom. The quantitative estimate of drug-likeness (QED) is 0.758. The number of hydrogen-bond acceptors (Lipinski definition) is 2. The van der Waals surface area contributed by atoms with E-state index in [1.54, 1.807) is 6.92 Å². The van der Waals surface area contributed by atoms with Gasteiger partial charge in [-0.2, -0.15) is 0 Å². The SMILES string of the molecule is CC1CCC(CNC(C)C(C)C(=O)O)CC1. The van der Waals surface area contributed by atoms with Crippen molar-refractivity contribution in [2.45, 2.75) is 52.5 Å². The summed E-state index contributed by atoms with van der Waals surface area (Å²) in [5.74, 6) is 0.617. The molecule has 94 valence electrons. The molecule has 1 aliphatic carbocycles. The van der Waals surface area contributed by atoms with Gasteiger partial charge in [0.15, 0.2) is 0 Å². The number of hydrogen-bond donors (Lipinski definition) is 2. The number of carboxylic acid groups (broad SMARTS) is 1. The maximum atomic E-state index is 10.8. The van der Waals surface area contributed by atoms with Crippen LogP contribution >= 0.6 is 0 Å².